The molecule has 2 aromatic rings. The fraction of sp³-hybridized carbons (Fsp3) is 0.476. The highest BCUT2D eigenvalue weighted by molar-refractivity contribution is 7.89. The van der Waals surface area contributed by atoms with Gasteiger partial charge in [-0.15, -0.1) is 0 Å². The van der Waals surface area contributed by atoms with Crippen LogP contribution in [0.1, 0.15) is 24.2 Å². The van der Waals surface area contributed by atoms with Crippen molar-refractivity contribution in [3.8, 4) is 0 Å². The highest BCUT2D eigenvalue weighted by Gasteiger charge is 2.34. The van der Waals surface area contributed by atoms with Gasteiger partial charge < -0.3 is 10.2 Å². The quantitative estimate of drug-likeness (QED) is 0.686. The summed E-state index contributed by atoms with van der Waals surface area (Å²) in [5.74, 6) is -0.841. The van der Waals surface area contributed by atoms with E-state index in [-0.39, 0.29) is 62.1 Å². The van der Waals surface area contributed by atoms with Crippen LogP contribution in [0, 0.1) is 6.92 Å². The summed E-state index contributed by atoms with van der Waals surface area (Å²) in [4.78, 5) is 26.5. The third-order valence-corrected chi connectivity index (χ3v) is 7.33. The first-order valence-corrected chi connectivity index (χ1v) is 12.1. The van der Waals surface area contributed by atoms with Crippen molar-refractivity contribution in [1.29, 1.82) is 0 Å². The molecule has 0 radical (unpaired) electrons. The maximum Gasteiger partial charge on any atom is 0.435 e. The van der Waals surface area contributed by atoms with Crippen LogP contribution < -0.4 is 5.32 Å². The molecule has 1 aliphatic heterocycles. The molecule has 186 valence electrons. The number of halogens is 3. The van der Waals surface area contributed by atoms with Gasteiger partial charge in [0.25, 0.3) is 0 Å². The number of alkyl halides is 3. The number of rotatable bonds is 4. The van der Waals surface area contributed by atoms with Gasteiger partial charge in [-0.1, -0.05) is 18.2 Å². The van der Waals surface area contributed by atoms with E-state index in [9.17, 15) is 31.2 Å². The molecule has 0 bridgehead atoms. The standard InChI is InChI=1S/C21H26F3N5O4S/c1-16-14-18(21(22,23)24)26-29(16)15-20(31)27-10-5-11-28(12-8-19(30)25-9-13-27)34(32,33)17-6-3-2-4-7-17/h2-4,6-7,14H,5,8-13,15H2,1H3,(H,25,30). The Labute approximate surface area is 195 Å². The lowest BCUT2D eigenvalue weighted by atomic mass is 10.3. The summed E-state index contributed by atoms with van der Waals surface area (Å²) in [6, 6.07) is 8.71. The van der Waals surface area contributed by atoms with Crippen LogP contribution in [0.15, 0.2) is 41.3 Å². The number of nitrogens with zero attached hydrogens (tertiary/aromatic N) is 4. The third kappa shape index (κ3) is 6.35. The molecule has 0 atom stereocenters. The Morgan fingerprint density at radius 3 is 2.47 bits per heavy atom. The number of hydrogen-bond acceptors (Lipinski definition) is 5. The molecule has 3 rings (SSSR count). The van der Waals surface area contributed by atoms with Crippen molar-refractivity contribution in [3.05, 3.63) is 47.8 Å². The van der Waals surface area contributed by atoms with E-state index >= 15 is 0 Å². The van der Waals surface area contributed by atoms with E-state index in [4.69, 9.17) is 0 Å². The number of aryl methyl sites for hydroxylation is 1. The van der Waals surface area contributed by atoms with Crippen molar-refractivity contribution in [2.45, 2.75) is 37.4 Å². The molecule has 1 N–H and O–H groups in total. The van der Waals surface area contributed by atoms with Crippen LogP contribution in [0.3, 0.4) is 0 Å². The van der Waals surface area contributed by atoms with Crippen molar-refractivity contribution in [2.24, 2.45) is 0 Å². The zero-order valence-electron chi connectivity index (χ0n) is 18.6. The summed E-state index contributed by atoms with van der Waals surface area (Å²) in [6.07, 6.45) is -4.36. The second-order valence-electron chi connectivity index (χ2n) is 7.88. The van der Waals surface area contributed by atoms with Crippen LogP contribution in [-0.2, 0) is 32.3 Å². The number of carbonyl (C=O) groups excluding carboxylic acids is 2. The van der Waals surface area contributed by atoms with E-state index in [1.807, 2.05) is 0 Å². The van der Waals surface area contributed by atoms with Crippen LogP contribution in [0.4, 0.5) is 13.2 Å². The second-order valence-corrected chi connectivity index (χ2v) is 9.82. The smallest absolute Gasteiger partial charge is 0.354 e. The molecule has 1 aromatic heterocycles. The third-order valence-electron chi connectivity index (χ3n) is 5.42. The average Bonchev–Trinajstić information content (AvgIpc) is 3.13. The maximum atomic E-state index is 13.0. The molecule has 13 heteroatoms. The molecule has 1 aliphatic rings. The zero-order valence-corrected chi connectivity index (χ0v) is 19.4. The van der Waals surface area contributed by atoms with E-state index in [0.29, 0.717) is 0 Å². The summed E-state index contributed by atoms with van der Waals surface area (Å²) in [5.41, 5.74) is -0.892. The lowest BCUT2D eigenvalue weighted by Gasteiger charge is -2.25. The summed E-state index contributed by atoms with van der Waals surface area (Å²) in [6.45, 7) is 1.54. The van der Waals surface area contributed by atoms with Crippen LogP contribution in [-0.4, -0.2) is 71.9 Å². The predicted molar refractivity (Wildman–Crippen MR) is 116 cm³/mol. The fourth-order valence-electron chi connectivity index (χ4n) is 3.57. The van der Waals surface area contributed by atoms with Crippen molar-refractivity contribution < 1.29 is 31.2 Å². The second kappa shape index (κ2) is 10.6. The number of aromatic nitrogens is 2. The molecule has 1 saturated heterocycles. The molecule has 9 nitrogen and oxygen atoms in total. The topological polar surface area (TPSA) is 105 Å². The molecular formula is C21H26F3N5O4S. The van der Waals surface area contributed by atoms with Gasteiger partial charge in [0, 0.05) is 44.8 Å². The Morgan fingerprint density at radius 2 is 1.82 bits per heavy atom. The van der Waals surface area contributed by atoms with Gasteiger partial charge in [-0.25, -0.2) is 8.42 Å². The summed E-state index contributed by atoms with van der Waals surface area (Å²) in [7, 11) is -3.84. The van der Waals surface area contributed by atoms with Crippen LogP contribution in [0.5, 0.6) is 0 Å². The Hall–Kier alpha value is -2.93. The average molecular weight is 502 g/mol. The number of amides is 2. The van der Waals surface area contributed by atoms with Gasteiger partial charge >= 0.3 is 6.18 Å². The molecule has 2 amide bonds. The van der Waals surface area contributed by atoms with E-state index in [0.717, 1.165) is 10.7 Å². The highest BCUT2D eigenvalue weighted by Crippen LogP contribution is 2.28. The van der Waals surface area contributed by atoms with Gasteiger partial charge in [0.05, 0.1) is 4.90 Å². The predicted octanol–water partition coefficient (Wildman–Crippen LogP) is 1.64. The largest absolute Gasteiger partial charge is 0.435 e. The van der Waals surface area contributed by atoms with Crippen LogP contribution in [0.2, 0.25) is 0 Å². The van der Waals surface area contributed by atoms with Gasteiger partial charge in [0.1, 0.15) is 6.54 Å². The number of sulfonamides is 1. The van der Waals surface area contributed by atoms with Gasteiger partial charge in [-0.05, 0) is 31.5 Å². The SMILES string of the molecule is Cc1cc(C(F)(F)F)nn1CC(=O)N1CCCN(S(=O)(=O)c2ccccc2)CCC(=O)NCC1. The van der Waals surface area contributed by atoms with E-state index in [1.54, 1.807) is 18.2 Å². The number of nitrogens with one attached hydrogen (secondary N) is 1. The summed E-state index contributed by atoms with van der Waals surface area (Å²) >= 11 is 0. The molecule has 0 saturated carbocycles. The Balaban J connectivity index is 1.73. The molecule has 1 aromatic carbocycles. The Morgan fingerprint density at radius 1 is 1.12 bits per heavy atom. The monoisotopic (exact) mass is 501 g/mol. The zero-order chi connectivity index (χ0) is 24.9. The Kier molecular flexibility index (Phi) is 7.97. The van der Waals surface area contributed by atoms with Crippen molar-refractivity contribution in [3.63, 3.8) is 0 Å². The maximum absolute atomic E-state index is 13.0. The highest BCUT2D eigenvalue weighted by atomic mass is 32.2. The minimum atomic E-state index is -4.62. The van der Waals surface area contributed by atoms with Crippen LogP contribution in [0.25, 0.3) is 0 Å². The lowest BCUT2D eigenvalue weighted by Crippen LogP contribution is -2.41. The summed E-state index contributed by atoms with van der Waals surface area (Å²) in [5, 5.41) is 6.13. The molecular weight excluding hydrogens is 475 g/mol. The molecule has 0 unspecified atom stereocenters. The molecule has 34 heavy (non-hydrogen) atoms. The molecule has 2 heterocycles. The number of carbonyl (C=O) groups is 2. The first-order chi connectivity index (χ1) is 16.0. The van der Waals surface area contributed by atoms with Gasteiger partial charge in [0.2, 0.25) is 21.8 Å². The van der Waals surface area contributed by atoms with Gasteiger partial charge in [-0.2, -0.15) is 22.6 Å². The van der Waals surface area contributed by atoms with Crippen molar-refractivity contribution in [2.75, 3.05) is 32.7 Å². The molecule has 0 aliphatic carbocycles. The fourth-order valence-corrected chi connectivity index (χ4v) is 5.07. The van der Waals surface area contributed by atoms with Crippen molar-refractivity contribution >= 4 is 21.8 Å². The van der Waals surface area contributed by atoms with Crippen molar-refractivity contribution in [1.82, 2.24) is 24.3 Å². The first-order valence-electron chi connectivity index (χ1n) is 10.7. The van der Waals surface area contributed by atoms with E-state index < -0.39 is 34.3 Å². The first kappa shape index (κ1) is 25.7. The van der Waals surface area contributed by atoms with Gasteiger partial charge in [0.15, 0.2) is 5.69 Å². The van der Waals surface area contributed by atoms with E-state index in [1.165, 1.54) is 28.3 Å². The normalized spacial score (nSPS) is 17.2. The van der Waals surface area contributed by atoms with Crippen LogP contribution >= 0.6 is 0 Å². The molecule has 0 spiro atoms. The minimum absolute atomic E-state index is 0.0102. The van der Waals surface area contributed by atoms with Gasteiger partial charge in [-0.3, -0.25) is 14.3 Å². The Bertz CT molecular complexity index is 1120. The minimum Gasteiger partial charge on any atom is -0.354 e. The van der Waals surface area contributed by atoms with E-state index in [2.05, 4.69) is 10.4 Å². The number of benzene rings is 1. The summed E-state index contributed by atoms with van der Waals surface area (Å²) < 4.78 is 67.0. The molecule has 1 fully saturated rings. The lowest BCUT2D eigenvalue weighted by molar-refractivity contribution is -0.142. The number of hydrogen-bond donors (Lipinski definition) is 1.